The van der Waals surface area contributed by atoms with E-state index in [1.54, 1.807) is 29.6 Å². The van der Waals surface area contributed by atoms with E-state index >= 15 is 0 Å². The summed E-state index contributed by atoms with van der Waals surface area (Å²) in [5.74, 6) is 1.36. The van der Waals surface area contributed by atoms with Crippen molar-refractivity contribution < 1.29 is 17.0 Å². The molecule has 0 aliphatic heterocycles. The highest BCUT2D eigenvalue weighted by atomic mass is 32.3. The maximum absolute atomic E-state index is 12.2. The molecule has 0 fully saturated rings. The summed E-state index contributed by atoms with van der Waals surface area (Å²) in [7, 11) is -3.76. The molecule has 0 amide bonds. The molecule has 1 aliphatic rings. The molecule has 0 N–H and O–H groups in total. The third-order valence-corrected chi connectivity index (χ3v) is 6.48. The van der Waals surface area contributed by atoms with Crippen molar-refractivity contribution in [2.75, 3.05) is 0 Å². The van der Waals surface area contributed by atoms with Gasteiger partial charge in [0, 0.05) is 17.4 Å². The SMILES string of the molecule is O=S(=O)(Oc1ccc2oc3c(c2c1)CCCC3)c1cccs1. The molecule has 22 heavy (non-hydrogen) atoms. The lowest BCUT2D eigenvalue weighted by molar-refractivity contribution is 0.488. The molecule has 0 atom stereocenters. The van der Waals surface area contributed by atoms with Gasteiger partial charge < -0.3 is 8.60 Å². The fourth-order valence-corrected chi connectivity index (χ4v) is 4.74. The average Bonchev–Trinajstić information content (AvgIpc) is 3.14. The van der Waals surface area contributed by atoms with Gasteiger partial charge in [-0.1, -0.05) is 6.07 Å². The Labute approximate surface area is 132 Å². The van der Waals surface area contributed by atoms with Crippen molar-refractivity contribution in [2.24, 2.45) is 0 Å². The van der Waals surface area contributed by atoms with Crippen molar-refractivity contribution in [3.05, 3.63) is 47.0 Å². The zero-order valence-electron chi connectivity index (χ0n) is 11.7. The van der Waals surface area contributed by atoms with Crippen LogP contribution in [0.1, 0.15) is 24.2 Å². The lowest BCUT2D eigenvalue weighted by Gasteiger charge is -2.09. The molecule has 4 rings (SSSR count). The van der Waals surface area contributed by atoms with E-state index in [1.807, 2.05) is 0 Å². The lowest BCUT2D eigenvalue weighted by atomic mass is 9.96. The molecule has 0 saturated carbocycles. The molecule has 0 bridgehead atoms. The molecule has 2 aromatic heterocycles. The van der Waals surface area contributed by atoms with Crippen molar-refractivity contribution in [2.45, 2.75) is 29.9 Å². The summed E-state index contributed by atoms with van der Waals surface area (Å²) in [6.45, 7) is 0. The number of aryl methyl sites for hydroxylation is 2. The minimum absolute atomic E-state index is 0.210. The maximum atomic E-state index is 12.2. The Morgan fingerprint density at radius 1 is 1.14 bits per heavy atom. The van der Waals surface area contributed by atoms with Crippen LogP contribution in [0.15, 0.2) is 44.3 Å². The van der Waals surface area contributed by atoms with Crippen LogP contribution in [0.25, 0.3) is 11.0 Å². The minimum atomic E-state index is -3.76. The molecule has 0 unspecified atom stereocenters. The summed E-state index contributed by atoms with van der Waals surface area (Å²) in [6, 6.07) is 8.43. The molecule has 0 spiro atoms. The first-order valence-electron chi connectivity index (χ1n) is 7.16. The first kappa shape index (κ1) is 13.8. The number of benzene rings is 1. The molecular weight excluding hydrogens is 320 g/mol. The van der Waals surface area contributed by atoms with Gasteiger partial charge in [0.05, 0.1) is 0 Å². The van der Waals surface area contributed by atoms with E-state index in [1.165, 1.54) is 11.6 Å². The molecule has 114 valence electrons. The molecule has 1 aromatic carbocycles. The number of thiophene rings is 1. The molecular formula is C16H14O4S2. The Morgan fingerprint density at radius 2 is 2.00 bits per heavy atom. The zero-order valence-corrected chi connectivity index (χ0v) is 13.4. The number of hydrogen-bond donors (Lipinski definition) is 0. The van der Waals surface area contributed by atoms with Crippen LogP contribution in [-0.2, 0) is 23.0 Å². The zero-order chi connectivity index (χ0) is 15.2. The van der Waals surface area contributed by atoms with Gasteiger partial charge >= 0.3 is 10.1 Å². The Hall–Kier alpha value is -1.79. The van der Waals surface area contributed by atoms with Crippen LogP contribution in [0.5, 0.6) is 5.75 Å². The molecule has 2 heterocycles. The molecule has 3 aromatic rings. The first-order valence-corrected chi connectivity index (χ1v) is 9.44. The van der Waals surface area contributed by atoms with Crippen molar-refractivity contribution >= 4 is 32.4 Å². The van der Waals surface area contributed by atoms with Crippen LogP contribution in [0, 0.1) is 0 Å². The first-order chi connectivity index (χ1) is 10.6. The summed E-state index contributed by atoms with van der Waals surface area (Å²) >= 11 is 1.15. The van der Waals surface area contributed by atoms with Crippen LogP contribution < -0.4 is 4.18 Å². The Balaban J connectivity index is 1.74. The van der Waals surface area contributed by atoms with Gasteiger partial charge in [0.25, 0.3) is 0 Å². The molecule has 0 saturated heterocycles. The maximum Gasteiger partial charge on any atom is 0.348 e. The average molecular weight is 334 g/mol. The summed E-state index contributed by atoms with van der Waals surface area (Å²) in [5, 5.41) is 2.68. The van der Waals surface area contributed by atoms with Crippen molar-refractivity contribution in [1.29, 1.82) is 0 Å². The van der Waals surface area contributed by atoms with Crippen molar-refractivity contribution in [1.82, 2.24) is 0 Å². The fourth-order valence-electron chi connectivity index (χ4n) is 2.87. The summed E-state index contributed by atoms with van der Waals surface area (Å²) in [5.41, 5.74) is 1.99. The van der Waals surface area contributed by atoms with Gasteiger partial charge in [0.2, 0.25) is 0 Å². The van der Waals surface area contributed by atoms with Gasteiger partial charge in [0.1, 0.15) is 17.1 Å². The van der Waals surface area contributed by atoms with Crippen molar-refractivity contribution in [3.63, 3.8) is 0 Å². The van der Waals surface area contributed by atoms with Gasteiger partial charge in [-0.15, -0.1) is 11.3 Å². The van der Waals surface area contributed by atoms with Gasteiger partial charge in [0.15, 0.2) is 4.21 Å². The molecule has 0 radical (unpaired) electrons. The van der Waals surface area contributed by atoms with Crippen molar-refractivity contribution in [3.8, 4) is 5.75 Å². The van der Waals surface area contributed by atoms with Crippen LogP contribution in [0.3, 0.4) is 0 Å². The predicted octanol–water partition coefficient (Wildman–Crippen LogP) is 4.14. The Kier molecular flexibility index (Phi) is 3.23. The van der Waals surface area contributed by atoms with Gasteiger partial charge in [-0.3, -0.25) is 0 Å². The second-order valence-corrected chi connectivity index (χ2v) is 8.06. The van der Waals surface area contributed by atoms with E-state index in [0.29, 0.717) is 5.75 Å². The third kappa shape index (κ3) is 2.32. The topological polar surface area (TPSA) is 56.5 Å². The predicted molar refractivity (Wildman–Crippen MR) is 85.0 cm³/mol. The van der Waals surface area contributed by atoms with Crippen LogP contribution in [0.4, 0.5) is 0 Å². The standard InChI is InChI=1S/C16H14O4S2/c17-22(18,16-6-3-9-21-16)20-11-7-8-15-13(10-11)12-4-1-2-5-14(12)19-15/h3,6-10H,1-2,4-5H2. The summed E-state index contributed by atoms with van der Waals surface area (Å²) < 4.78 is 35.7. The lowest BCUT2D eigenvalue weighted by Crippen LogP contribution is -2.07. The monoisotopic (exact) mass is 334 g/mol. The quantitative estimate of drug-likeness (QED) is 0.676. The molecule has 4 nitrogen and oxygen atoms in total. The van der Waals surface area contributed by atoms with E-state index in [-0.39, 0.29) is 4.21 Å². The largest absolute Gasteiger partial charge is 0.461 e. The highest BCUT2D eigenvalue weighted by Gasteiger charge is 2.21. The van der Waals surface area contributed by atoms with Crippen LogP contribution in [0.2, 0.25) is 0 Å². The minimum Gasteiger partial charge on any atom is -0.461 e. The Bertz CT molecular complexity index is 921. The van der Waals surface area contributed by atoms with E-state index in [4.69, 9.17) is 8.60 Å². The number of furan rings is 1. The van der Waals surface area contributed by atoms with Crippen LogP contribution >= 0.6 is 11.3 Å². The number of rotatable bonds is 3. The van der Waals surface area contributed by atoms with E-state index in [2.05, 4.69) is 0 Å². The van der Waals surface area contributed by atoms with Gasteiger partial charge in [-0.05, 0) is 48.9 Å². The van der Waals surface area contributed by atoms with Crippen LogP contribution in [-0.4, -0.2) is 8.42 Å². The molecule has 6 heteroatoms. The highest BCUT2D eigenvalue weighted by molar-refractivity contribution is 7.89. The Morgan fingerprint density at radius 3 is 2.82 bits per heavy atom. The van der Waals surface area contributed by atoms with E-state index in [0.717, 1.165) is 53.7 Å². The van der Waals surface area contributed by atoms with Gasteiger partial charge in [-0.2, -0.15) is 8.42 Å². The third-order valence-electron chi connectivity index (χ3n) is 3.87. The second kappa shape index (κ2) is 5.14. The summed E-state index contributed by atoms with van der Waals surface area (Å²) in [6.07, 6.45) is 4.21. The van der Waals surface area contributed by atoms with E-state index in [9.17, 15) is 8.42 Å². The molecule has 1 aliphatic carbocycles. The second-order valence-electron chi connectivity index (χ2n) is 5.34. The van der Waals surface area contributed by atoms with E-state index < -0.39 is 10.1 Å². The summed E-state index contributed by atoms with van der Waals surface area (Å²) in [4.78, 5) is 0. The smallest absolute Gasteiger partial charge is 0.348 e. The number of hydrogen-bond acceptors (Lipinski definition) is 5. The van der Waals surface area contributed by atoms with Gasteiger partial charge in [-0.25, -0.2) is 0 Å². The highest BCUT2D eigenvalue weighted by Crippen LogP contribution is 2.34. The fraction of sp³-hybridized carbons (Fsp3) is 0.250. The normalized spacial score (nSPS) is 14.9. The number of fused-ring (bicyclic) bond motifs is 3.